The van der Waals surface area contributed by atoms with Crippen molar-refractivity contribution in [3.63, 3.8) is 0 Å². The summed E-state index contributed by atoms with van der Waals surface area (Å²) in [5.41, 5.74) is 4.76. The standard InChI is InChI=1S/C22H30N4O4S/c1-7-17(26-31(6,29)30)12-23-18-8-9-19(13(2)10-18)25-21-14(3)11-20(28)22(15(21)4)24-16(5)27/h8-11,17,23,26H,7,12H2,1-6H3,(H,24,27). The van der Waals surface area contributed by atoms with Crippen LogP contribution < -0.4 is 15.4 Å². The van der Waals surface area contributed by atoms with Crippen molar-refractivity contribution in [1.29, 1.82) is 0 Å². The predicted molar refractivity (Wildman–Crippen MR) is 124 cm³/mol. The number of anilines is 1. The van der Waals surface area contributed by atoms with Crippen LogP contribution in [0.4, 0.5) is 11.4 Å². The Morgan fingerprint density at radius 3 is 2.42 bits per heavy atom. The summed E-state index contributed by atoms with van der Waals surface area (Å²) in [7, 11) is -3.27. The van der Waals surface area contributed by atoms with Gasteiger partial charge in [0.25, 0.3) is 0 Å². The van der Waals surface area contributed by atoms with Gasteiger partial charge in [-0.1, -0.05) is 6.92 Å². The quantitative estimate of drug-likeness (QED) is 0.531. The molecule has 1 unspecified atom stereocenters. The zero-order valence-corrected chi connectivity index (χ0v) is 19.6. The van der Waals surface area contributed by atoms with Gasteiger partial charge >= 0.3 is 0 Å². The van der Waals surface area contributed by atoms with Crippen LogP contribution in [0.2, 0.25) is 0 Å². The number of allylic oxidation sites excluding steroid dienone is 3. The first-order chi connectivity index (χ1) is 14.4. The molecule has 3 N–H and O–H groups in total. The van der Waals surface area contributed by atoms with Crippen LogP contribution in [0, 0.1) is 6.92 Å². The predicted octanol–water partition coefficient (Wildman–Crippen LogP) is 2.75. The fourth-order valence-corrected chi connectivity index (χ4v) is 4.12. The van der Waals surface area contributed by atoms with Crippen LogP contribution in [0.15, 0.2) is 46.1 Å². The van der Waals surface area contributed by atoms with Crippen molar-refractivity contribution in [2.45, 2.75) is 47.1 Å². The van der Waals surface area contributed by atoms with Gasteiger partial charge in [-0.15, -0.1) is 0 Å². The van der Waals surface area contributed by atoms with Gasteiger partial charge < -0.3 is 10.6 Å². The highest BCUT2D eigenvalue weighted by Crippen LogP contribution is 2.27. The van der Waals surface area contributed by atoms with Gasteiger partial charge in [-0.05, 0) is 62.6 Å². The van der Waals surface area contributed by atoms with E-state index in [-0.39, 0.29) is 23.4 Å². The average molecular weight is 447 g/mol. The molecular formula is C22H30N4O4S. The van der Waals surface area contributed by atoms with Crippen LogP contribution in [0.1, 0.15) is 39.7 Å². The molecule has 1 aliphatic carbocycles. The van der Waals surface area contributed by atoms with Crippen molar-refractivity contribution in [2.75, 3.05) is 18.1 Å². The number of carbonyl (C=O) groups is 2. The van der Waals surface area contributed by atoms with Gasteiger partial charge in [-0.25, -0.2) is 18.1 Å². The van der Waals surface area contributed by atoms with Gasteiger partial charge in [0.15, 0.2) is 0 Å². The second-order valence-corrected chi connectivity index (χ2v) is 9.49. The molecule has 9 heteroatoms. The number of nitrogens with one attached hydrogen (secondary N) is 3. The summed E-state index contributed by atoms with van der Waals surface area (Å²) in [6.45, 7) is 9.25. The van der Waals surface area contributed by atoms with Gasteiger partial charge in [0.05, 0.1) is 23.4 Å². The minimum Gasteiger partial charge on any atom is -0.383 e. The maximum atomic E-state index is 12.2. The molecule has 1 amide bonds. The lowest BCUT2D eigenvalue weighted by Gasteiger charge is -2.19. The van der Waals surface area contributed by atoms with Gasteiger partial charge in [0, 0.05) is 30.8 Å². The van der Waals surface area contributed by atoms with E-state index in [4.69, 9.17) is 4.99 Å². The molecule has 0 aliphatic heterocycles. The van der Waals surface area contributed by atoms with Gasteiger partial charge in [0.2, 0.25) is 21.7 Å². The number of aliphatic imine (C=N–C) groups is 1. The maximum Gasteiger partial charge on any atom is 0.221 e. The third-order valence-electron chi connectivity index (χ3n) is 4.85. The highest BCUT2D eigenvalue weighted by molar-refractivity contribution is 7.88. The summed E-state index contributed by atoms with van der Waals surface area (Å²) in [6, 6.07) is 5.47. The SMILES string of the molecule is CCC(CNc1ccc(N=C2C(C)=CC(=O)C(NC(C)=O)=C2C)c(C)c1)NS(C)(=O)=O. The van der Waals surface area contributed by atoms with Crippen LogP contribution in [-0.4, -0.2) is 44.7 Å². The topological polar surface area (TPSA) is 117 Å². The summed E-state index contributed by atoms with van der Waals surface area (Å²) >= 11 is 0. The van der Waals surface area contributed by atoms with Crippen LogP contribution in [0.25, 0.3) is 0 Å². The molecule has 168 valence electrons. The number of rotatable bonds is 8. The Bertz CT molecular complexity index is 1080. The molecular weight excluding hydrogens is 416 g/mol. The van der Waals surface area contributed by atoms with E-state index in [0.29, 0.717) is 24.3 Å². The second-order valence-electron chi connectivity index (χ2n) is 7.71. The van der Waals surface area contributed by atoms with Crippen LogP contribution >= 0.6 is 0 Å². The average Bonchev–Trinajstić information content (AvgIpc) is 2.65. The first-order valence-corrected chi connectivity index (χ1v) is 11.9. The van der Waals surface area contributed by atoms with Crippen LogP contribution in [0.3, 0.4) is 0 Å². The normalized spacial score (nSPS) is 16.9. The van der Waals surface area contributed by atoms with Crippen LogP contribution in [-0.2, 0) is 19.6 Å². The molecule has 0 radical (unpaired) electrons. The summed E-state index contributed by atoms with van der Waals surface area (Å²) in [6.07, 6.45) is 3.29. The summed E-state index contributed by atoms with van der Waals surface area (Å²) in [5, 5.41) is 5.85. The highest BCUT2D eigenvalue weighted by Gasteiger charge is 2.23. The lowest BCUT2D eigenvalue weighted by atomic mass is 9.94. The van der Waals surface area contributed by atoms with Crippen molar-refractivity contribution >= 4 is 38.8 Å². The molecule has 0 saturated carbocycles. The molecule has 1 aromatic carbocycles. The minimum atomic E-state index is -3.27. The van der Waals surface area contributed by atoms with E-state index < -0.39 is 10.0 Å². The van der Waals surface area contributed by atoms with E-state index in [9.17, 15) is 18.0 Å². The number of aryl methyl sites for hydroxylation is 1. The van der Waals surface area contributed by atoms with E-state index in [2.05, 4.69) is 15.4 Å². The third kappa shape index (κ3) is 6.86. The Labute approximate surface area is 184 Å². The smallest absolute Gasteiger partial charge is 0.221 e. The Balaban J connectivity index is 2.25. The number of ketones is 1. The molecule has 0 spiro atoms. The lowest BCUT2D eigenvalue weighted by molar-refractivity contribution is -0.120. The number of hydrogen-bond donors (Lipinski definition) is 3. The van der Waals surface area contributed by atoms with Crippen molar-refractivity contribution in [2.24, 2.45) is 4.99 Å². The third-order valence-corrected chi connectivity index (χ3v) is 5.62. The Kier molecular flexibility index (Phi) is 7.91. The molecule has 1 aliphatic rings. The molecule has 31 heavy (non-hydrogen) atoms. The summed E-state index contributed by atoms with van der Waals surface area (Å²) in [5.74, 6) is -0.550. The largest absolute Gasteiger partial charge is 0.383 e. The Morgan fingerprint density at radius 1 is 1.19 bits per heavy atom. The first kappa shape index (κ1) is 24.5. The fraction of sp³-hybridized carbons (Fsp3) is 0.409. The fourth-order valence-electron chi connectivity index (χ4n) is 3.26. The number of sulfonamides is 1. The minimum absolute atomic E-state index is 0.206. The molecule has 1 aromatic rings. The van der Waals surface area contributed by atoms with E-state index in [1.807, 2.05) is 39.0 Å². The number of hydrogen-bond acceptors (Lipinski definition) is 6. The lowest BCUT2D eigenvalue weighted by Crippen LogP contribution is -2.38. The van der Waals surface area contributed by atoms with Gasteiger partial charge in [-0.2, -0.15) is 0 Å². The number of amides is 1. The Morgan fingerprint density at radius 2 is 1.87 bits per heavy atom. The van der Waals surface area contributed by atoms with Crippen molar-refractivity contribution in [3.8, 4) is 0 Å². The number of carbonyl (C=O) groups excluding carboxylic acids is 2. The summed E-state index contributed by atoms with van der Waals surface area (Å²) < 4.78 is 25.5. The highest BCUT2D eigenvalue weighted by atomic mass is 32.2. The van der Waals surface area contributed by atoms with E-state index in [1.165, 1.54) is 13.0 Å². The van der Waals surface area contributed by atoms with Crippen molar-refractivity contribution in [1.82, 2.24) is 10.0 Å². The van der Waals surface area contributed by atoms with Gasteiger partial charge in [0.1, 0.15) is 0 Å². The second kappa shape index (κ2) is 10.0. The molecule has 0 fully saturated rings. The van der Waals surface area contributed by atoms with E-state index in [1.54, 1.807) is 6.92 Å². The maximum absolute atomic E-state index is 12.2. The first-order valence-electron chi connectivity index (χ1n) is 10.0. The molecule has 0 aromatic heterocycles. The van der Waals surface area contributed by atoms with E-state index in [0.717, 1.165) is 28.8 Å². The number of benzene rings is 1. The molecule has 0 bridgehead atoms. The van der Waals surface area contributed by atoms with Crippen molar-refractivity contribution in [3.05, 3.63) is 46.7 Å². The van der Waals surface area contributed by atoms with E-state index >= 15 is 0 Å². The zero-order chi connectivity index (χ0) is 23.3. The summed E-state index contributed by atoms with van der Waals surface area (Å²) in [4.78, 5) is 28.4. The molecule has 1 atom stereocenters. The van der Waals surface area contributed by atoms with Crippen LogP contribution in [0.5, 0.6) is 0 Å². The molecule has 2 rings (SSSR count). The zero-order valence-electron chi connectivity index (χ0n) is 18.8. The van der Waals surface area contributed by atoms with Gasteiger partial charge in [-0.3, -0.25) is 9.59 Å². The van der Waals surface area contributed by atoms with Crippen molar-refractivity contribution < 1.29 is 18.0 Å². The number of nitrogens with zero attached hydrogens (tertiary/aromatic N) is 1. The molecule has 0 heterocycles. The Hall–Kier alpha value is -2.78. The monoisotopic (exact) mass is 446 g/mol. The molecule has 0 saturated heterocycles. The molecule has 8 nitrogen and oxygen atoms in total.